The molecule has 134 valence electrons. The van der Waals surface area contributed by atoms with Gasteiger partial charge in [0.05, 0.1) is 40.0 Å². The zero-order valence-corrected chi connectivity index (χ0v) is 14.2. The minimum absolute atomic E-state index is 0.107. The Hall–Kier alpha value is -1.40. The highest BCUT2D eigenvalue weighted by Crippen LogP contribution is 2.23. The topological polar surface area (TPSA) is 126 Å². The molecule has 0 radical (unpaired) electrons. The van der Waals surface area contributed by atoms with Crippen molar-refractivity contribution in [3.63, 3.8) is 0 Å². The molecule has 0 aromatic rings. The first-order valence-corrected chi connectivity index (χ1v) is 8.18. The van der Waals surface area contributed by atoms with E-state index in [1.165, 1.54) is 21.0 Å². The molecule has 0 bridgehead atoms. The molecule has 2 atom stereocenters. The maximum absolute atomic E-state index is 12.8. The largest absolute Gasteiger partial charge is 0.507 e. The number of methoxy groups -OCH3 is 1. The second kappa shape index (κ2) is 7.93. The number of aliphatic hydroxyl groups excluding tert-OH is 2. The zero-order chi connectivity index (χ0) is 17.8. The van der Waals surface area contributed by atoms with Gasteiger partial charge in [-0.05, 0) is 13.8 Å². The maximum atomic E-state index is 12.8. The Morgan fingerprint density at radius 1 is 1.17 bits per heavy atom. The number of rotatable bonds is 6. The van der Waals surface area contributed by atoms with Crippen LogP contribution in [0.1, 0.15) is 13.8 Å². The molecule has 23 heavy (non-hydrogen) atoms. The first-order chi connectivity index (χ1) is 10.7. The van der Waals surface area contributed by atoms with E-state index in [0.29, 0.717) is 0 Å². The molecule has 1 aliphatic rings. The van der Waals surface area contributed by atoms with Crippen LogP contribution in [0, 0.1) is 0 Å². The van der Waals surface area contributed by atoms with E-state index in [2.05, 4.69) is 9.62 Å². The van der Waals surface area contributed by atoms with E-state index in [0.717, 1.165) is 15.7 Å². The second-order valence-electron chi connectivity index (χ2n) is 4.99. The molecule has 10 nitrogen and oxygen atoms in total. The van der Waals surface area contributed by atoms with Gasteiger partial charge in [-0.2, -0.15) is 17.0 Å². The van der Waals surface area contributed by atoms with Crippen molar-refractivity contribution >= 4 is 16.2 Å². The van der Waals surface area contributed by atoms with E-state index < -0.39 is 52.9 Å². The normalized spacial score (nSPS) is 22.4. The van der Waals surface area contributed by atoms with Gasteiger partial charge < -0.3 is 14.9 Å². The lowest BCUT2D eigenvalue weighted by molar-refractivity contribution is -0.277. The lowest BCUT2D eigenvalue weighted by Gasteiger charge is -2.32. The van der Waals surface area contributed by atoms with Crippen LogP contribution >= 0.6 is 0 Å². The highest BCUT2D eigenvalue weighted by atomic mass is 32.2. The van der Waals surface area contributed by atoms with Crippen molar-refractivity contribution in [1.29, 1.82) is 0 Å². The molecule has 1 aliphatic heterocycles. The van der Waals surface area contributed by atoms with Crippen molar-refractivity contribution < 1.29 is 37.9 Å². The standard InChI is InChI=1S/C12H22N2O8S/c1-8(7-22-21-4)13-5-10(15)11(16)6-14(23(13,18)19)9(2)12(17)20-3/h8-9,15-16H,5-7H2,1-4H3. The van der Waals surface area contributed by atoms with Crippen LogP contribution in [0.2, 0.25) is 0 Å². The first-order valence-electron chi connectivity index (χ1n) is 6.78. The quantitative estimate of drug-likeness (QED) is 0.378. The Morgan fingerprint density at radius 3 is 2.17 bits per heavy atom. The van der Waals surface area contributed by atoms with Gasteiger partial charge in [-0.15, -0.1) is 0 Å². The molecule has 11 heteroatoms. The lowest BCUT2D eigenvalue weighted by atomic mass is 10.3. The molecular formula is C12H22N2O8S. The summed E-state index contributed by atoms with van der Waals surface area (Å²) >= 11 is 0. The fourth-order valence-electron chi connectivity index (χ4n) is 2.03. The van der Waals surface area contributed by atoms with Crippen LogP contribution in [0.3, 0.4) is 0 Å². The summed E-state index contributed by atoms with van der Waals surface area (Å²) < 4.78 is 31.8. The second-order valence-corrected chi connectivity index (χ2v) is 6.82. The molecule has 1 heterocycles. The molecule has 1 rings (SSSR count). The van der Waals surface area contributed by atoms with Gasteiger partial charge in [-0.1, -0.05) is 0 Å². The fourth-order valence-corrected chi connectivity index (χ4v) is 3.87. The highest BCUT2D eigenvalue weighted by molar-refractivity contribution is 7.86. The molecule has 0 aliphatic carbocycles. The van der Waals surface area contributed by atoms with Crippen LogP contribution < -0.4 is 0 Å². The Balaban J connectivity index is 3.23. The minimum Gasteiger partial charge on any atom is -0.507 e. The molecule has 0 spiro atoms. The molecule has 0 saturated carbocycles. The number of aliphatic hydroxyl groups is 2. The van der Waals surface area contributed by atoms with Gasteiger partial charge in [0.1, 0.15) is 17.6 Å². The predicted octanol–water partition coefficient (Wildman–Crippen LogP) is -0.296. The van der Waals surface area contributed by atoms with Crippen molar-refractivity contribution in [3.8, 4) is 0 Å². The number of carbonyl (C=O) groups excluding carboxylic acids is 1. The van der Waals surface area contributed by atoms with Crippen LogP contribution in [-0.4, -0.2) is 79.2 Å². The third-order valence-electron chi connectivity index (χ3n) is 3.43. The average Bonchev–Trinajstić information content (AvgIpc) is 2.60. The number of nitrogens with zero attached hydrogens (tertiary/aromatic N) is 2. The molecular weight excluding hydrogens is 332 g/mol. The van der Waals surface area contributed by atoms with E-state index in [4.69, 9.17) is 4.89 Å². The van der Waals surface area contributed by atoms with Crippen LogP contribution in [0.4, 0.5) is 0 Å². The predicted molar refractivity (Wildman–Crippen MR) is 78.5 cm³/mol. The molecule has 0 fully saturated rings. The summed E-state index contributed by atoms with van der Waals surface area (Å²) in [6.45, 7) is 1.76. The molecule has 2 N–H and O–H groups in total. The smallest absolute Gasteiger partial charge is 0.323 e. The minimum atomic E-state index is -4.18. The third kappa shape index (κ3) is 4.32. The third-order valence-corrected chi connectivity index (χ3v) is 5.55. The zero-order valence-electron chi connectivity index (χ0n) is 13.4. The van der Waals surface area contributed by atoms with E-state index >= 15 is 0 Å². The van der Waals surface area contributed by atoms with Gasteiger partial charge in [0, 0.05) is 0 Å². The molecule has 2 unspecified atom stereocenters. The number of carbonyl (C=O) groups is 1. The van der Waals surface area contributed by atoms with E-state index in [1.807, 2.05) is 0 Å². The molecule has 0 saturated heterocycles. The van der Waals surface area contributed by atoms with Gasteiger partial charge in [0.2, 0.25) is 0 Å². The van der Waals surface area contributed by atoms with Crippen LogP contribution in [0.15, 0.2) is 11.5 Å². The van der Waals surface area contributed by atoms with Crippen molar-refractivity contribution in [1.82, 2.24) is 8.61 Å². The Morgan fingerprint density at radius 2 is 1.70 bits per heavy atom. The van der Waals surface area contributed by atoms with E-state index in [9.17, 15) is 23.4 Å². The summed E-state index contributed by atoms with van der Waals surface area (Å²) in [7, 11) is -1.78. The summed E-state index contributed by atoms with van der Waals surface area (Å²) in [5, 5.41) is 19.7. The number of esters is 1. The van der Waals surface area contributed by atoms with Gasteiger partial charge in [0.15, 0.2) is 0 Å². The van der Waals surface area contributed by atoms with Crippen molar-refractivity contribution in [3.05, 3.63) is 11.5 Å². The molecule has 0 aromatic heterocycles. The Labute approximate surface area is 134 Å². The summed E-state index contributed by atoms with van der Waals surface area (Å²) in [5.74, 6) is -1.83. The van der Waals surface area contributed by atoms with E-state index in [1.54, 1.807) is 0 Å². The lowest BCUT2D eigenvalue weighted by Crippen LogP contribution is -2.53. The summed E-state index contributed by atoms with van der Waals surface area (Å²) in [5.41, 5.74) is 0. The van der Waals surface area contributed by atoms with Crippen molar-refractivity contribution in [2.45, 2.75) is 25.9 Å². The molecule has 0 amide bonds. The number of hydrogen-bond acceptors (Lipinski definition) is 8. The highest BCUT2D eigenvalue weighted by Gasteiger charge is 2.42. The van der Waals surface area contributed by atoms with Crippen LogP contribution in [-0.2, 0) is 29.5 Å². The monoisotopic (exact) mass is 354 g/mol. The SMILES string of the molecule is COOCC(C)N1CC(O)=C(O)CN(C(C)C(=O)OC)S1(=O)=O. The Bertz CT molecular complexity index is 561. The van der Waals surface area contributed by atoms with Gasteiger partial charge in [-0.25, -0.2) is 9.78 Å². The maximum Gasteiger partial charge on any atom is 0.323 e. The summed E-state index contributed by atoms with van der Waals surface area (Å²) in [6, 6.07) is -1.91. The molecule has 0 aromatic carbocycles. The fraction of sp³-hybridized carbons (Fsp3) is 0.750. The van der Waals surface area contributed by atoms with Crippen molar-refractivity contribution in [2.24, 2.45) is 0 Å². The van der Waals surface area contributed by atoms with Gasteiger partial charge >= 0.3 is 5.97 Å². The van der Waals surface area contributed by atoms with Crippen LogP contribution in [0.25, 0.3) is 0 Å². The van der Waals surface area contributed by atoms with Crippen molar-refractivity contribution in [2.75, 3.05) is 33.9 Å². The number of ether oxygens (including phenoxy) is 1. The average molecular weight is 354 g/mol. The van der Waals surface area contributed by atoms with Gasteiger partial charge in [-0.3, -0.25) is 4.79 Å². The summed E-state index contributed by atoms with van der Waals surface area (Å²) in [6.07, 6.45) is 0. The van der Waals surface area contributed by atoms with Gasteiger partial charge in [0.25, 0.3) is 10.2 Å². The summed E-state index contributed by atoms with van der Waals surface area (Å²) in [4.78, 5) is 20.9. The van der Waals surface area contributed by atoms with E-state index in [-0.39, 0.29) is 6.61 Å². The number of hydrogen-bond donors (Lipinski definition) is 2. The Kier molecular flexibility index (Phi) is 6.77. The first kappa shape index (κ1) is 19.6. The van der Waals surface area contributed by atoms with Crippen LogP contribution in [0.5, 0.6) is 0 Å².